The summed E-state index contributed by atoms with van der Waals surface area (Å²) in [7, 11) is 1.58. The molecule has 6 heteroatoms. The van der Waals surface area contributed by atoms with Crippen LogP contribution >= 0.6 is 0 Å². The number of hydrogen-bond acceptors (Lipinski definition) is 5. The molecule has 0 aromatic heterocycles. The van der Waals surface area contributed by atoms with Gasteiger partial charge < -0.3 is 14.9 Å². The first-order valence-corrected chi connectivity index (χ1v) is 7.86. The standard InChI is InChI=1S/C19H18N2O4/c1-12(22)13-6-5-7-14(10-13)20-19(23)18-11-16(21-25-18)15-8-3-4-9-17(15)24-2/h3-10,18H,11H2,1-2H3,(H,20,23). The maximum Gasteiger partial charge on any atom is 0.268 e. The Morgan fingerprint density at radius 3 is 2.76 bits per heavy atom. The van der Waals surface area contributed by atoms with Crippen LogP contribution in [-0.4, -0.2) is 30.6 Å². The fraction of sp³-hybridized carbons (Fsp3) is 0.211. The van der Waals surface area contributed by atoms with Gasteiger partial charge >= 0.3 is 0 Å². The van der Waals surface area contributed by atoms with Crippen molar-refractivity contribution >= 4 is 23.1 Å². The Bertz CT molecular complexity index is 845. The van der Waals surface area contributed by atoms with Gasteiger partial charge in [-0.15, -0.1) is 0 Å². The van der Waals surface area contributed by atoms with Gasteiger partial charge in [0.15, 0.2) is 5.78 Å². The number of carbonyl (C=O) groups is 2. The van der Waals surface area contributed by atoms with Crippen LogP contribution in [0.2, 0.25) is 0 Å². The third-order valence-corrected chi connectivity index (χ3v) is 3.92. The van der Waals surface area contributed by atoms with Gasteiger partial charge in [0.05, 0.1) is 12.8 Å². The van der Waals surface area contributed by atoms with E-state index in [-0.39, 0.29) is 11.7 Å². The topological polar surface area (TPSA) is 77.0 Å². The number of nitrogens with zero attached hydrogens (tertiary/aromatic N) is 1. The van der Waals surface area contributed by atoms with Crippen molar-refractivity contribution in [2.75, 3.05) is 12.4 Å². The number of rotatable bonds is 5. The average Bonchev–Trinajstić information content (AvgIpc) is 3.12. The van der Waals surface area contributed by atoms with E-state index in [0.717, 1.165) is 5.56 Å². The molecule has 1 N–H and O–H groups in total. The number of oxime groups is 1. The van der Waals surface area contributed by atoms with Crippen molar-refractivity contribution in [2.24, 2.45) is 5.16 Å². The Kier molecular flexibility index (Phi) is 4.79. The van der Waals surface area contributed by atoms with Crippen molar-refractivity contribution in [2.45, 2.75) is 19.4 Å². The molecule has 6 nitrogen and oxygen atoms in total. The van der Waals surface area contributed by atoms with Crippen LogP contribution in [0, 0.1) is 0 Å². The minimum Gasteiger partial charge on any atom is -0.496 e. The second-order valence-electron chi connectivity index (χ2n) is 5.66. The number of ketones is 1. The SMILES string of the molecule is COc1ccccc1C1=NOC(C(=O)Nc2cccc(C(C)=O)c2)C1. The number of methoxy groups -OCH3 is 1. The summed E-state index contributed by atoms with van der Waals surface area (Å²) in [6.45, 7) is 1.48. The summed E-state index contributed by atoms with van der Waals surface area (Å²) in [4.78, 5) is 29.1. The maximum absolute atomic E-state index is 12.4. The van der Waals surface area contributed by atoms with Crippen LogP contribution in [0.5, 0.6) is 5.75 Å². The van der Waals surface area contributed by atoms with Crippen molar-refractivity contribution in [3.63, 3.8) is 0 Å². The number of benzene rings is 2. The molecule has 3 rings (SSSR count). The Labute approximate surface area is 145 Å². The second-order valence-corrected chi connectivity index (χ2v) is 5.66. The van der Waals surface area contributed by atoms with E-state index in [1.54, 1.807) is 31.4 Å². The summed E-state index contributed by atoms with van der Waals surface area (Å²) in [5, 5.41) is 6.79. The third kappa shape index (κ3) is 3.68. The molecule has 2 aromatic rings. The number of para-hydroxylation sites is 1. The number of ether oxygens (including phenoxy) is 1. The highest BCUT2D eigenvalue weighted by molar-refractivity contribution is 6.07. The molecule has 1 atom stereocenters. The minimum atomic E-state index is -0.721. The van der Waals surface area contributed by atoms with Gasteiger partial charge in [-0.2, -0.15) is 0 Å². The number of nitrogens with one attached hydrogen (secondary N) is 1. The normalized spacial score (nSPS) is 15.9. The molecule has 0 bridgehead atoms. The lowest BCUT2D eigenvalue weighted by Crippen LogP contribution is -2.28. The molecule has 0 radical (unpaired) electrons. The highest BCUT2D eigenvalue weighted by Crippen LogP contribution is 2.25. The largest absolute Gasteiger partial charge is 0.496 e. The zero-order valence-corrected chi connectivity index (χ0v) is 14.0. The highest BCUT2D eigenvalue weighted by atomic mass is 16.6. The molecule has 0 spiro atoms. The van der Waals surface area contributed by atoms with Crippen molar-refractivity contribution in [3.05, 3.63) is 59.7 Å². The number of Topliss-reactive ketones (excluding diaryl/α,β-unsaturated/α-hetero) is 1. The summed E-state index contributed by atoms with van der Waals surface area (Å²) in [6.07, 6.45) is -0.376. The minimum absolute atomic E-state index is 0.0602. The average molecular weight is 338 g/mol. The van der Waals surface area contributed by atoms with Gasteiger partial charge in [-0.3, -0.25) is 9.59 Å². The Morgan fingerprint density at radius 1 is 1.20 bits per heavy atom. The molecule has 2 aromatic carbocycles. The predicted molar refractivity (Wildman–Crippen MR) is 94.1 cm³/mol. The molecule has 1 heterocycles. The summed E-state index contributed by atoms with van der Waals surface area (Å²) in [5.41, 5.74) is 2.55. The molecule has 1 unspecified atom stereocenters. The van der Waals surface area contributed by atoms with Gasteiger partial charge in [-0.05, 0) is 31.2 Å². The van der Waals surface area contributed by atoms with E-state index >= 15 is 0 Å². The summed E-state index contributed by atoms with van der Waals surface area (Å²) >= 11 is 0. The smallest absolute Gasteiger partial charge is 0.268 e. The van der Waals surface area contributed by atoms with Crippen molar-refractivity contribution in [1.29, 1.82) is 0 Å². The van der Waals surface area contributed by atoms with E-state index in [1.165, 1.54) is 6.92 Å². The van der Waals surface area contributed by atoms with Gasteiger partial charge in [-0.1, -0.05) is 29.4 Å². The van der Waals surface area contributed by atoms with Crippen molar-refractivity contribution < 1.29 is 19.2 Å². The van der Waals surface area contributed by atoms with E-state index in [4.69, 9.17) is 9.57 Å². The van der Waals surface area contributed by atoms with Gasteiger partial charge in [0, 0.05) is 23.2 Å². The monoisotopic (exact) mass is 338 g/mol. The van der Waals surface area contributed by atoms with E-state index in [2.05, 4.69) is 10.5 Å². The first-order chi connectivity index (χ1) is 12.1. The van der Waals surface area contributed by atoms with Crippen LogP contribution in [-0.2, 0) is 9.63 Å². The second kappa shape index (κ2) is 7.17. The fourth-order valence-electron chi connectivity index (χ4n) is 2.60. The molecule has 1 aliphatic rings. The maximum atomic E-state index is 12.4. The third-order valence-electron chi connectivity index (χ3n) is 3.92. The molecule has 25 heavy (non-hydrogen) atoms. The fourth-order valence-corrected chi connectivity index (χ4v) is 2.60. The van der Waals surface area contributed by atoms with Crippen molar-refractivity contribution in [3.8, 4) is 5.75 Å². The Balaban J connectivity index is 1.68. The quantitative estimate of drug-likeness (QED) is 0.850. The molecule has 0 saturated heterocycles. The van der Waals surface area contributed by atoms with Crippen LogP contribution in [0.1, 0.15) is 29.3 Å². The molecular weight excluding hydrogens is 320 g/mol. The molecule has 128 valence electrons. The number of hydrogen-bond donors (Lipinski definition) is 1. The Morgan fingerprint density at radius 2 is 2.00 bits per heavy atom. The van der Waals surface area contributed by atoms with Gasteiger partial charge in [0.25, 0.3) is 5.91 Å². The first-order valence-electron chi connectivity index (χ1n) is 7.86. The highest BCUT2D eigenvalue weighted by Gasteiger charge is 2.30. The molecule has 0 fully saturated rings. The zero-order valence-electron chi connectivity index (χ0n) is 14.0. The summed E-state index contributed by atoms with van der Waals surface area (Å²) in [6, 6.07) is 14.2. The lowest BCUT2D eigenvalue weighted by Gasteiger charge is -2.10. The van der Waals surface area contributed by atoms with Crippen LogP contribution < -0.4 is 10.1 Å². The molecular formula is C19H18N2O4. The molecule has 0 saturated carbocycles. The lowest BCUT2D eigenvalue weighted by molar-refractivity contribution is -0.125. The Hall–Kier alpha value is -3.15. The van der Waals surface area contributed by atoms with Gasteiger partial charge in [0.1, 0.15) is 5.75 Å². The van der Waals surface area contributed by atoms with E-state index < -0.39 is 6.10 Å². The lowest BCUT2D eigenvalue weighted by atomic mass is 10.0. The molecule has 1 amide bonds. The molecule has 0 aliphatic carbocycles. The van der Waals surface area contributed by atoms with Crippen molar-refractivity contribution in [1.82, 2.24) is 0 Å². The zero-order chi connectivity index (χ0) is 17.8. The predicted octanol–water partition coefficient (Wildman–Crippen LogP) is 3.03. The van der Waals surface area contributed by atoms with Crippen LogP contribution in [0.4, 0.5) is 5.69 Å². The van der Waals surface area contributed by atoms with Crippen LogP contribution in [0.3, 0.4) is 0 Å². The van der Waals surface area contributed by atoms with E-state index in [1.807, 2.05) is 24.3 Å². The van der Waals surface area contributed by atoms with Gasteiger partial charge in [-0.25, -0.2) is 0 Å². The first kappa shape index (κ1) is 16.7. The van der Waals surface area contributed by atoms with E-state index in [0.29, 0.717) is 29.1 Å². The summed E-state index contributed by atoms with van der Waals surface area (Å²) < 4.78 is 5.32. The van der Waals surface area contributed by atoms with Crippen LogP contribution in [0.25, 0.3) is 0 Å². The van der Waals surface area contributed by atoms with Gasteiger partial charge in [0.2, 0.25) is 6.10 Å². The molecule has 1 aliphatic heterocycles. The number of carbonyl (C=O) groups excluding carboxylic acids is 2. The van der Waals surface area contributed by atoms with E-state index in [9.17, 15) is 9.59 Å². The van der Waals surface area contributed by atoms with Crippen LogP contribution in [0.15, 0.2) is 53.7 Å². The number of anilines is 1. The summed E-state index contributed by atoms with van der Waals surface area (Å²) in [5.74, 6) is 0.310. The number of amides is 1.